The van der Waals surface area contributed by atoms with Gasteiger partial charge in [-0.25, -0.2) is 9.59 Å². The summed E-state index contributed by atoms with van der Waals surface area (Å²) in [7, 11) is 1.75. The van der Waals surface area contributed by atoms with Gasteiger partial charge in [-0.3, -0.25) is 0 Å². The molecule has 1 aliphatic heterocycles. The number of rotatable bonds is 5. The highest BCUT2D eigenvalue weighted by molar-refractivity contribution is 8.03. The van der Waals surface area contributed by atoms with Crippen LogP contribution in [0.3, 0.4) is 0 Å². The molecule has 1 aliphatic rings. The van der Waals surface area contributed by atoms with Crippen LogP contribution < -0.4 is 4.90 Å². The molecule has 0 saturated carbocycles. The number of fused-ring (bicyclic) bond motifs is 1. The van der Waals surface area contributed by atoms with Gasteiger partial charge in [-0.15, -0.1) is 0 Å². The number of hydrogen-bond donors (Lipinski definition) is 0. The van der Waals surface area contributed by atoms with E-state index in [0.717, 1.165) is 16.7 Å². The van der Waals surface area contributed by atoms with Gasteiger partial charge < -0.3 is 14.4 Å². The molecule has 1 heterocycles. The molecule has 0 atom stereocenters. The third kappa shape index (κ3) is 3.91. The Morgan fingerprint density at radius 1 is 1.42 bits per heavy atom. The molecule has 0 saturated heterocycles. The summed E-state index contributed by atoms with van der Waals surface area (Å²) in [4.78, 5) is 25.6. The monoisotopic (exact) mass is 364 g/mol. The molecule has 1 aromatic rings. The first-order valence-corrected chi connectivity index (χ1v) is 7.99. The van der Waals surface area contributed by atoms with E-state index in [9.17, 15) is 14.9 Å². The summed E-state index contributed by atoms with van der Waals surface area (Å²) in [6, 6.07) is 7.18. The molecular weight excluding hydrogens is 352 g/mol. The second-order valence-electron chi connectivity index (χ2n) is 4.57. The van der Waals surface area contributed by atoms with Gasteiger partial charge in [0.25, 0.3) is 0 Å². The Morgan fingerprint density at radius 3 is 2.79 bits per heavy atom. The smallest absolute Gasteiger partial charge is 0.351 e. The maximum Gasteiger partial charge on any atom is 0.351 e. The molecule has 0 unspecified atom stereocenters. The Morgan fingerprint density at radius 2 is 2.12 bits per heavy atom. The fourth-order valence-corrected chi connectivity index (χ4v) is 3.34. The van der Waals surface area contributed by atoms with Gasteiger partial charge in [0, 0.05) is 23.0 Å². The first-order valence-electron chi connectivity index (χ1n) is 6.79. The molecule has 0 aromatic heterocycles. The van der Waals surface area contributed by atoms with Crippen LogP contribution in [-0.2, 0) is 19.1 Å². The number of thioether (sulfide) groups is 1. The quantitative estimate of drug-likeness (QED) is 0.344. The molecule has 2 rings (SSSR count). The van der Waals surface area contributed by atoms with E-state index < -0.39 is 11.9 Å². The average Bonchev–Trinajstić information content (AvgIpc) is 2.88. The van der Waals surface area contributed by atoms with Crippen molar-refractivity contribution in [3.8, 4) is 6.07 Å². The molecule has 124 valence electrons. The van der Waals surface area contributed by atoms with Gasteiger partial charge in [0.1, 0.15) is 24.3 Å². The maximum atomic E-state index is 12.1. The standard InChI is InChI=1S/C16H13ClN2O4S/c1-3-14(20)22-6-7-23-16(21)11(9-18)15-19(2)12-5-4-10(17)8-13(12)24-15/h3-5,8H,1,6-7H2,2H3/b15-11-. The maximum absolute atomic E-state index is 12.1. The molecule has 0 amide bonds. The molecule has 0 N–H and O–H groups in total. The average molecular weight is 365 g/mol. The minimum Gasteiger partial charge on any atom is -0.459 e. The summed E-state index contributed by atoms with van der Waals surface area (Å²) in [5, 5.41) is 10.3. The van der Waals surface area contributed by atoms with E-state index in [2.05, 4.69) is 6.58 Å². The molecule has 0 bridgehead atoms. The highest BCUT2D eigenvalue weighted by atomic mass is 35.5. The Hall–Kier alpha value is -2.43. The lowest BCUT2D eigenvalue weighted by atomic mass is 10.2. The van der Waals surface area contributed by atoms with E-state index in [4.69, 9.17) is 21.1 Å². The zero-order valence-corrected chi connectivity index (χ0v) is 14.3. The van der Waals surface area contributed by atoms with Crippen LogP contribution >= 0.6 is 23.4 Å². The number of hydrogen-bond acceptors (Lipinski definition) is 7. The van der Waals surface area contributed by atoms with Crippen LogP contribution in [0.4, 0.5) is 5.69 Å². The highest BCUT2D eigenvalue weighted by Gasteiger charge is 2.29. The van der Waals surface area contributed by atoms with Gasteiger partial charge in [0.15, 0.2) is 5.57 Å². The van der Waals surface area contributed by atoms with Crippen LogP contribution in [0, 0.1) is 11.3 Å². The number of anilines is 1. The SMILES string of the molecule is C=CC(=O)OCCOC(=O)/C(C#N)=C1\Sc2cc(Cl)ccc2N1C. The second-order valence-corrected chi connectivity index (χ2v) is 6.04. The highest BCUT2D eigenvalue weighted by Crippen LogP contribution is 2.47. The lowest BCUT2D eigenvalue weighted by molar-refractivity contribution is -0.146. The van der Waals surface area contributed by atoms with Crippen LogP contribution in [0.15, 0.2) is 46.4 Å². The van der Waals surface area contributed by atoms with Crippen molar-refractivity contribution in [1.29, 1.82) is 5.26 Å². The first-order chi connectivity index (χ1) is 11.5. The van der Waals surface area contributed by atoms with Gasteiger partial charge in [0.05, 0.1) is 5.69 Å². The molecule has 0 aliphatic carbocycles. The summed E-state index contributed by atoms with van der Waals surface area (Å²) in [5.74, 6) is -1.39. The second kappa shape index (κ2) is 7.90. The first kappa shape index (κ1) is 17.9. The Balaban J connectivity index is 2.09. The third-order valence-corrected chi connectivity index (χ3v) is 4.51. The van der Waals surface area contributed by atoms with Crippen LogP contribution in [-0.4, -0.2) is 32.2 Å². The summed E-state index contributed by atoms with van der Waals surface area (Å²) in [5.41, 5.74) is 0.727. The van der Waals surface area contributed by atoms with Crippen molar-refractivity contribution in [2.75, 3.05) is 25.2 Å². The number of benzene rings is 1. The number of ether oxygens (including phenoxy) is 2. The molecular formula is C16H13ClN2O4S. The summed E-state index contributed by atoms with van der Waals surface area (Å²) in [6.07, 6.45) is 1.01. The van der Waals surface area contributed by atoms with Gasteiger partial charge in [-0.1, -0.05) is 29.9 Å². The normalized spacial score (nSPS) is 14.5. The van der Waals surface area contributed by atoms with E-state index in [1.54, 1.807) is 24.1 Å². The van der Waals surface area contributed by atoms with Crippen LogP contribution in [0.1, 0.15) is 0 Å². The molecule has 1 aromatic carbocycles. The summed E-state index contributed by atoms with van der Waals surface area (Å²) in [6.45, 7) is 3.00. The summed E-state index contributed by atoms with van der Waals surface area (Å²) < 4.78 is 9.68. The predicted octanol–water partition coefficient (Wildman–Crippen LogP) is 2.89. The number of esters is 2. The van der Waals surface area contributed by atoms with Crippen LogP contribution in [0.5, 0.6) is 0 Å². The zero-order chi connectivity index (χ0) is 17.7. The minimum atomic E-state index is -0.777. The van der Waals surface area contributed by atoms with E-state index in [1.807, 2.05) is 12.1 Å². The lowest BCUT2D eigenvalue weighted by Crippen LogP contribution is -2.18. The van der Waals surface area contributed by atoms with E-state index in [0.29, 0.717) is 10.1 Å². The Kier molecular flexibility index (Phi) is 5.90. The lowest BCUT2D eigenvalue weighted by Gasteiger charge is -2.14. The van der Waals surface area contributed by atoms with Crippen molar-refractivity contribution in [2.24, 2.45) is 0 Å². The molecule has 0 fully saturated rings. The third-order valence-electron chi connectivity index (χ3n) is 3.05. The van der Waals surface area contributed by atoms with Crippen molar-refractivity contribution in [3.63, 3.8) is 0 Å². The predicted molar refractivity (Wildman–Crippen MR) is 90.5 cm³/mol. The molecule has 0 radical (unpaired) electrons. The Bertz CT molecular complexity index is 770. The molecule has 24 heavy (non-hydrogen) atoms. The van der Waals surface area contributed by atoms with Gasteiger partial charge in [-0.2, -0.15) is 5.26 Å². The summed E-state index contributed by atoms with van der Waals surface area (Å²) >= 11 is 7.23. The van der Waals surface area contributed by atoms with Crippen molar-refractivity contribution < 1.29 is 19.1 Å². The number of carbonyl (C=O) groups excluding carboxylic acids is 2. The van der Waals surface area contributed by atoms with Crippen molar-refractivity contribution >= 4 is 41.0 Å². The van der Waals surface area contributed by atoms with Gasteiger partial charge in [0.2, 0.25) is 0 Å². The number of nitrogens with zero attached hydrogens (tertiary/aromatic N) is 2. The van der Waals surface area contributed by atoms with E-state index >= 15 is 0 Å². The topological polar surface area (TPSA) is 79.6 Å². The number of halogens is 1. The number of nitriles is 1. The fourth-order valence-electron chi connectivity index (χ4n) is 1.94. The minimum absolute atomic E-state index is 0.108. The van der Waals surface area contributed by atoms with Crippen molar-refractivity contribution in [2.45, 2.75) is 4.90 Å². The van der Waals surface area contributed by atoms with Crippen LogP contribution in [0.2, 0.25) is 5.02 Å². The van der Waals surface area contributed by atoms with Gasteiger partial charge in [-0.05, 0) is 18.2 Å². The fraction of sp³-hybridized carbons (Fsp3) is 0.188. The van der Waals surface area contributed by atoms with Crippen molar-refractivity contribution in [1.82, 2.24) is 0 Å². The largest absolute Gasteiger partial charge is 0.459 e. The molecule has 6 nitrogen and oxygen atoms in total. The molecule has 0 spiro atoms. The van der Waals surface area contributed by atoms with Crippen LogP contribution in [0.25, 0.3) is 0 Å². The zero-order valence-electron chi connectivity index (χ0n) is 12.7. The van der Waals surface area contributed by atoms with E-state index in [1.165, 1.54) is 11.8 Å². The Labute approximate surface area is 148 Å². The number of carbonyl (C=O) groups is 2. The molecule has 8 heteroatoms. The van der Waals surface area contributed by atoms with Crippen molar-refractivity contribution in [3.05, 3.63) is 46.5 Å². The van der Waals surface area contributed by atoms with Gasteiger partial charge >= 0.3 is 11.9 Å². The van der Waals surface area contributed by atoms with E-state index in [-0.39, 0.29) is 18.8 Å².